The predicted molar refractivity (Wildman–Crippen MR) is 116 cm³/mol. The number of nitrogens with zero attached hydrogens (tertiary/aromatic N) is 2. The van der Waals surface area contributed by atoms with Gasteiger partial charge < -0.3 is 37.7 Å². The molecule has 9 N–H and O–H groups in total. The monoisotopic (exact) mass is 415 g/mol. The van der Waals surface area contributed by atoms with Gasteiger partial charge in [0.15, 0.2) is 5.82 Å². The minimum atomic E-state index is -0.745. The molecule has 2 atom stereocenters. The lowest BCUT2D eigenvalue weighted by Crippen LogP contribution is -2.17. The van der Waals surface area contributed by atoms with E-state index in [1.807, 2.05) is 12.2 Å². The van der Waals surface area contributed by atoms with Crippen LogP contribution in [0.3, 0.4) is 0 Å². The zero-order chi connectivity index (χ0) is 22.1. The summed E-state index contributed by atoms with van der Waals surface area (Å²) in [4.78, 5) is 20.1. The number of nitrogens with two attached hydrogens (primary N) is 3. The highest BCUT2D eigenvalue weighted by Gasteiger charge is 2.20. The number of amides is 1. The van der Waals surface area contributed by atoms with Crippen LogP contribution in [0.4, 0.5) is 11.6 Å². The maximum atomic E-state index is 11.6. The van der Waals surface area contributed by atoms with Crippen molar-refractivity contribution in [2.45, 2.75) is 25.4 Å². The van der Waals surface area contributed by atoms with Crippen molar-refractivity contribution in [3.8, 4) is 0 Å². The van der Waals surface area contributed by atoms with Gasteiger partial charge in [0.1, 0.15) is 17.3 Å². The Labute approximate surface area is 175 Å². The summed E-state index contributed by atoms with van der Waals surface area (Å²) in [6.07, 6.45) is 10.9. The lowest BCUT2D eigenvalue weighted by molar-refractivity contribution is -0.112. The SMILES string of the molecule is CNc1cc(NC(/C=C\C=C\C2CC[C@H](O)C2)=C(/N)OC)nc(C(=CN)C(N)=O)n1. The number of methoxy groups -OCH3 is 1. The van der Waals surface area contributed by atoms with Crippen molar-refractivity contribution in [2.75, 3.05) is 24.8 Å². The first kappa shape index (κ1) is 22.8. The van der Waals surface area contributed by atoms with Crippen molar-refractivity contribution in [2.24, 2.45) is 23.1 Å². The molecule has 0 saturated heterocycles. The van der Waals surface area contributed by atoms with Gasteiger partial charge in [-0.05, 0) is 31.3 Å². The van der Waals surface area contributed by atoms with Gasteiger partial charge in [0.2, 0.25) is 5.88 Å². The molecule has 0 radical (unpaired) electrons. The minimum Gasteiger partial charge on any atom is -0.481 e. The summed E-state index contributed by atoms with van der Waals surface area (Å²) in [6.45, 7) is 0. The van der Waals surface area contributed by atoms with Crippen molar-refractivity contribution in [1.82, 2.24) is 9.97 Å². The molecule has 1 unspecified atom stereocenters. The number of aromatic nitrogens is 2. The Morgan fingerprint density at radius 3 is 2.57 bits per heavy atom. The van der Waals surface area contributed by atoms with E-state index in [-0.39, 0.29) is 23.4 Å². The van der Waals surface area contributed by atoms with Crippen LogP contribution in [0.25, 0.3) is 5.57 Å². The van der Waals surface area contributed by atoms with Gasteiger partial charge in [-0.2, -0.15) is 0 Å². The first-order chi connectivity index (χ1) is 14.4. The fourth-order valence-corrected chi connectivity index (χ4v) is 3.00. The molecule has 10 nitrogen and oxygen atoms in total. The van der Waals surface area contributed by atoms with Gasteiger partial charge in [-0.1, -0.05) is 18.2 Å². The third kappa shape index (κ3) is 6.24. The van der Waals surface area contributed by atoms with Crippen LogP contribution in [-0.2, 0) is 9.53 Å². The number of carbonyl (C=O) groups is 1. The summed E-state index contributed by atoms with van der Waals surface area (Å²) in [5, 5.41) is 15.6. The molecule has 1 saturated carbocycles. The van der Waals surface area contributed by atoms with E-state index in [1.165, 1.54) is 7.11 Å². The highest BCUT2D eigenvalue weighted by Crippen LogP contribution is 2.26. The molecular weight excluding hydrogens is 386 g/mol. The molecule has 0 spiro atoms. The minimum absolute atomic E-state index is 0.0161. The largest absolute Gasteiger partial charge is 0.481 e. The summed E-state index contributed by atoms with van der Waals surface area (Å²) in [5.41, 5.74) is 17.2. The molecule has 0 aromatic carbocycles. The second-order valence-electron chi connectivity index (χ2n) is 6.73. The fraction of sp³-hybridized carbons (Fsp3) is 0.350. The molecule has 0 aliphatic heterocycles. The molecule has 1 aliphatic rings. The lowest BCUT2D eigenvalue weighted by atomic mass is 10.1. The van der Waals surface area contributed by atoms with Crippen LogP contribution in [0, 0.1) is 5.92 Å². The second-order valence-corrected chi connectivity index (χ2v) is 6.73. The van der Waals surface area contributed by atoms with Crippen LogP contribution in [-0.4, -0.2) is 41.2 Å². The highest BCUT2D eigenvalue weighted by atomic mass is 16.5. The number of aliphatic hydroxyl groups excluding tert-OH is 1. The van der Waals surface area contributed by atoms with Gasteiger partial charge in [0, 0.05) is 19.3 Å². The predicted octanol–water partition coefficient (Wildman–Crippen LogP) is 0.763. The van der Waals surface area contributed by atoms with E-state index in [1.54, 1.807) is 19.2 Å². The second kappa shape index (κ2) is 10.9. The average Bonchev–Trinajstić information content (AvgIpc) is 3.14. The molecule has 162 valence electrons. The van der Waals surface area contributed by atoms with E-state index in [2.05, 4.69) is 26.7 Å². The molecule has 1 fully saturated rings. The first-order valence-corrected chi connectivity index (χ1v) is 9.50. The third-order valence-electron chi connectivity index (χ3n) is 4.61. The molecular formula is C20H29N7O3. The molecule has 30 heavy (non-hydrogen) atoms. The van der Waals surface area contributed by atoms with Crippen LogP contribution in [0.5, 0.6) is 0 Å². The topological polar surface area (TPSA) is 174 Å². The zero-order valence-corrected chi connectivity index (χ0v) is 17.1. The number of nitrogens with one attached hydrogen (secondary N) is 2. The van der Waals surface area contributed by atoms with Crippen molar-refractivity contribution >= 4 is 23.1 Å². The van der Waals surface area contributed by atoms with Crippen molar-refractivity contribution in [3.05, 3.63) is 54.0 Å². The van der Waals surface area contributed by atoms with Gasteiger partial charge in [0.25, 0.3) is 5.91 Å². The van der Waals surface area contributed by atoms with Gasteiger partial charge in [0.05, 0.1) is 18.8 Å². The summed E-state index contributed by atoms with van der Waals surface area (Å²) in [5.74, 6) is 0.633. The number of allylic oxidation sites excluding steroid dienone is 4. The Morgan fingerprint density at radius 1 is 1.27 bits per heavy atom. The number of hydrogen-bond donors (Lipinski definition) is 6. The lowest BCUT2D eigenvalue weighted by Gasteiger charge is -2.12. The smallest absolute Gasteiger partial charge is 0.254 e. The van der Waals surface area contributed by atoms with E-state index in [0.717, 1.165) is 25.5 Å². The zero-order valence-electron chi connectivity index (χ0n) is 17.1. The van der Waals surface area contributed by atoms with E-state index in [0.29, 0.717) is 23.3 Å². The molecule has 1 heterocycles. The molecule has 10 heteroatoms. The van der Waals surface area contributed by atoms with Crippen LogP contribution >= 0.6 is 0 Å². The number of ether oxygens (including phenoxy) is 1. The fourth-order valence-electron chi connectivity index (χ4n) is 3.00. The summed E-state index contributed by atoms with van der Waals surface area (Å²) in [7, 11) is 3.13. The Hall–Kier alpha value is -3.53. The van der Waals surface area contributed by atoms with E-state index in [4.69, 9.17) is 21.9 Å². The number of anilines is 2. The Balaban J connectivity index is 2.25. The van der Waals surface area contributed by atoms with Gasteiger partial charge in [-0.25, -0.2) is 9.97 Å². The van der Waals surface area contributed by atoms with Crippen LogP contribution in [0.1, 0.15) is 25.1 Å². The number of aliphatic hydroxyl groups is 1. The van der Waals surface area contributed by atoms with E-state index >= 15 is 0 Å². The maximum absolute atomic E-state index is 11.6. The molecule has 1 aromatic heterocycles. The highest BCUT2D eigenvalue weighted by molar-refractivity contribution is 6.17. The number of primary amides is 1. The van der Waals surface area contributed by atoms with E-state index < -0.39 is 5.91 Å². The van der Waals surface area contributed by atoms with Crippen molar-refractivity contribution < 1.29 is 14.6 Å². The maximum Gasteiger partial charge on any atom is 0.254 e. The normalized spacial score (nSPS) is 20.4. The Bertz CT molecular complexity index is 877. The molecule has 1 aromatic rings. The Kier molecular flexibility index (Phi) is 8.24. The molecule has 1 aliphatic carbocycles. The summed E-state index contributed by atoms with van der Waals surface area (Å²) >= 11 is 0. The number of hydrogen-bond acceptors (Lipinski definition) is 9. The number of carbonyl (C=O) groups excluding carboxylic acids is 1. The summed E-state index contributed by atoms with van der Waals surface area (Å²) < 4.78 is 5.14. The molecule has 0 bridgehead atoms. The molecule has 1 amide bonds. The Morgan fingerprint density at radius 2 is 2.00 bits per heavy atom. The first-order valence-electron chi connectivity index (χ1n) is 9.50. The standard InChI is InChI=1S/C20H29N7O3/c1-24-16-10-17(27-20(26-16)14(11-21)18(22)29)25-15(19(23)30-2)6-4-3-5-12-7-8-13(28)9-12/h3-6,10-13,28H,7-9,21,23H2,1-2H3,(H2,22,29)(H2,24,25,26,27)/b5-3+,6-4-,14-11?,19-15-/t12?,13-/m0/s1. The number of rotatable bonds is 9. The summed E-state index contributed by atoms with van der Waals surface area (Å²) in [6, 6.07) is 1.63. The van der Waals surface area contributed by atoms with Crippen molar-refractivity contribution in [3.63, 3.8) is 0 Å². The average molecular weight is 415 g/mol. The van der Waals surface area contributed by atoms with Gasteiger partial charge in [-0.15, -0.1) is 0 Å². The van der Waals surface area contributed by atoms with E-state index in [9.17, 15) is 9.90 Å². The van der Waals surface area contributed by atoms with Gasteiger partial charge in [-0.3, -0.25) is 4.79 Å². The van der Waals surface area contributed by atoms with Crippen LogP contribution in [0.2, 0.25) is 0 Å². The van der Waals surface area contributed by atoms with Crippen molar-refractivity contribution in [1.29, 1.82) is 0 Å². The molecule has 2 rings (SSSR count). The quantitative estimate of drug-likeness (QED) is 0.193. The van der Waals surface area contributed by atoms with Crippen LogP contribution in [0.15, 0.2) is 48.2 Å². The third-order valence-corrected chi connectivity index (χ3v) is 4.61. The van der Waals surface area contributed by atoms with Crippen LogP contribution < -0.4 is 27.8 Å². The van der Waals surface area contributed by atoms with Gasteiger partial charge >= 0.3 is 0 Å².